The minimum absolute atomic E-state index is 0.127. The van der Waals surface area contributed by atoms with Crippen LogP contribution in [0.4, 0.5) is 10.1 Å². The van der Waals surface area contributed by atoms with Gasteiger partial charge in [0.25, 0.3) is 15.9 Å². The molecule has 0 unspecified atom stereocenters. The molecule has 124 valence electrons. The Kier molecular flexibility index (Phi) is 3.20. The smallest absolute Gasteiger partial charge is 0.265 e. The van der Waals surface area contributed by atoms with Gasteiger partial charge in [0.05, 0.1) is 36.3 Å². The van der Waals surface area contributed by atoms with Crippen molar-refractivity contribution in [3.8, 4) is 5.75 Å². The predicted molar refractivity (Wildman–Crippen MR) is 81.8 cm³/mol. The Morgan fingerprint density at radius 2 is 2.12 bits per heavy atom. The molecule has 1 aromatic carbocycles. The maximum atomic E-state index is 13.7. The summed E-state index contributed by atoms with van der Waals surface area (Å²) in [7, 11) is -4.08. The number of hydrogen-bond acceptors (Lipinski definition) is 5. The summed E-state index contributed by atoms with van der Waals surface area (Å²) in [6.07, 6.45) is 1.77. The van der Waals surface area contributed by atoms with Crippen molar-refractivity contribution >= 4 is 21.6 Å². The van der Waals surface area contributed by atoms with E-state index in [-0.39, 0.29) is 22.2 Å². The van der Waals surface area contributed by atoms with E-state index in [1.807, 2.05) is 0 Å². The molecule has 0 radical (unpaired) electrons. The number of rotatable bonds is 3. The fourth-order valence-corrected chi connectivity index (χ4v) is 4.02. The lowest BCUT2D eigenvalue weighted by molar-refractivity contribution is 0.0965. The van der Waals surface area contributed by atoms with Crippen molar-refractivity contribution in [2.45, 2.75) is 17.9 Å². The summed E-state index contributed by atoms with van der Waals surface area (Å²) in [6.45, 7) is 0.619. The fraction of sp³-hybridized carbons (Fsp3) is 0.200. The topological polar surface area (TPSA) is 97.4 Å². The number of anilines is 1. The number of ether oxygens (including phenoxy) is 1. The second kappa shape index (κ2) is 5.17. The largest absolute Gasteiger partial charge is 0.492 e. The van der Waals surface area contributed by atoms with Gasteiger partial charge in [0.1, 0.15) is 16.5 Å². The fourth-order valence-electron chi connectivity index (χ4n) is 2.79. The molecule has 2 aliphatic heterocycles. The van der Waals surface area contributed by atoms with E-state index in [1.165, 1.54) is 18.3 Å². The molecule has 2 aromatic rings. The highest BCUT2D eigenvalue weighted by molar-refractivity contribution is 7.92. The van der Waals surface area contributed by atoms with Crippen molar-refractivity contribution in [1.82, 2.24) is 10.3 Å². The number of nitrogens with one attached hydrogen (secondary N) is 2. The van der Waals surface area contributed by atoms with Crippen LogP contribution < -0.4 is 14.8 Å². The summed E-state index contributed by atoms with van der Waals surface area (Å²) in [6, 6.07) is 3.59. The average Bonchev–Trinajstić information content (AvgIpc) is 3.13. The van der Waals surface area contributed by atoms with Gasteiger partial charge in [-0.05, 0) is 18.2 Å². The lowest BCUT2D eigenvalue weighted by atomic mass is 10.2. The Labute approximate surface area is 136 Å². The van der Waals surface area contributed by atoms with Gasteiger partial charge in [-0.15, -0.1) is 0 Å². The Balaban J connectivity index is 1.73. The van der Waals surface area contributed by atoms with Crippen LogP contribution in [0.5, 0.6) is 5.75 Å². The molecule has 4 rings (SSSR count). The molecule has 0 bridgehead atoms. The van der Waals surface area contributed by atoms with Crippen LogP contribution in [0.2, 0.25) is 0 Å². The number of carbonyl (C=O) groups excluding carboxylic acids is 1. The van der Waals surface area contributed by atoms with Gasteiger partial charge in [0.15, 0.2) is 0 Å². The van der Waals surface area contributed by atoms with Crippen LogP contribution in [-0.4, -0.2) is 25.9 Å². The van der Waals surface area contributed by atoms with Crippen LogP contribution in [-0.2, 0) is 23.0 Å². The Hall–Kier alpha value is -2.68. The minimum Gasteiger partial charge on any atom is -0.492 e. The van der Waals surface area contributed by atoms with E-state index in [4.69, 9.17) is 4.74 Å². The summed E-state index contributed by atoms with van der Waals surface area (Å²) >= 11 is 0. The number of carbonyl (C=O) groups is 1. The van der Waals surface area contributed by atoms with Crippen LogP contribution in [0.25, 0.3) is 0 Å². The lowest BCUT2D eigenvalue weighted by Crippen LogP contribution is -2.15. The molecule has 2 aliphatic rings. The van der Waals surface area contributed by atoms with E-state index in [0.29, 0.717) is 36.4 Å². The standard InChI is InChI=1S/C15H12FN3O4S/c16-9-3-8-1-2-23-14(8)13(4-9)24(21,22)19-10-5-11-12(17-6-10)7-18-15(11)20/h3-6,19H,1-2,7H2,(H,18,20). The number of aromatic nitrogens is 1. The monoisotopic (exact) mass is 349 g/mol. The number of hydrogen-bond donors (Lipinski definition) is 2. The SMILES string of the molecule is O=C1NCc2ncc(NS(=O)(=O)c3cc(F)cc4c3OCC4)cc21. The van der Waals surface area contributed by atoms with Gasteiger partial charge in [-0.3, -0.25) is 14.5 Å². The minimum atomic E-state index is -4.08. The molecule has 0 saturated carbocycles. The molecule has 1 amide bonds. The number of benzene rings is 1. The third-order valence-electron chi connectivity index (χ3n) is 3.89. The number of halogens is 1. The third kappa shape index (κ3) is 2.37. The van der Waals surface area contributed by atoms with Crippen LogP contribution >= 0.6 is 0 Å². The first-order chi connectivity index (χ1) is 11.4. The molecule has 3 heterocycles. The van der Waals surface area contributed by atoms with Crippen LogP contribution in [0, 0.1) is 5.82 Å². The van der Waals surface area contributed by atoms with Gasteiger partial charge in [-0.1, -0.05) is 0 Å². The quantitative estimate of drug-likeness (QED) is 0.868. The molecule has 0 aliphatic carbocycles. The highest BCUT2D eigenvalue weighted by Gasteiger charge is 2.28. The summed E-state index contributed by atoms with van der Waals surface area (Å²) in [5.41, 5.74) is 1.51. The molecule has 9 heteroatoms. The number of sulfonamides is 1. The van der Waals surface area contributed by atoms with E-state index in [2.05, 4.69) is 15.0 Å². The molecular weight excluding hydrogens is 337 g/mol. The normalized spacial score (nSPS) is 15.5. The molecule has 0 atom stereocenters. The highest BCUT2D eigenvalue weighted by Crippen LogP contribution is 2.34. The molecule has 0 saturated heterocycles. The van der Waals surface area contributed by atoms with Gasteiger partial charge in [-0.2, -0.15) is 0 Å². The first-order valence-corrected chi connectivity index (χ1v) is 8.67. The van der Waals surface area contributed by atoms with Gasteiger partial charge < -0.3 is 10.1 Å². The van der Waals surface area contributed by atoms with Crippen molar-refractivity contribution in [2.24, 2.45) is 0 Å². The maximum Gasteiger partial charge on any atom is 0.265 e. The second-order valence-corrected chi connectivity index (χ2v) is 7.15. The Bertz CT molecular complexity index is 975. The molecule has 2 N–H and O–H groups in total. The summed E-state index contributed by atoms with van der Waals surface area (Å²) in [5.74, 6) is -0.796. The average molecular weight is 349 g/mol. The number of amides is 1. The second-order valence-electron chi connectivity index (χ2n) is 5.50. The Morgan fingerprint density at radius 3 is 2.96 bits per heavy atom. The van der Waals surface area contributed by atoms with Crippen molar-refractivity contribution in [1.29, 1.82) is 0 Å². The van der Waals surface area contributed by atoms with Gasteiger partial charge >= 0.3 is 0 Å². The van der Waals surface area contributed by atoms with E-state index >= 15 is 0 Å². The van der Waals surface area contributed by atoms with Crippen LogP contribution in [0.15, 0.2) is 29.3 Å². The van der Waals surface area contributed by atoms with E-state index < -0.39 is 15.8 Å². The summed E-state index contributed by atoms with van der Waals surface area (Å²) in [4.78, 5) is 15.5. The first-order valence-electron chi connectivity index (χ1n) is 7.19. The van der Waals surface area contributed by atoms with E-state index in [0.717, 1.165) is 6.07 Å². The van der Waals surface area contributed by atoms with Crippen LogP contribution in [0.1, 0.15) is 21.6 Å². The molecule has 0 spiro atoms. The molecule has 7 nitrogen and oxygen atoms in total. The maximum absolute atomic E-state index is 13.7. The van der Waals surface area contributed by atoms with Crippen molar-refractivity contribution in [3.05, 3.63) is 47.0 Å². The Morgan fingerprint density at radius 1 is 1.29 bits per heavy atom. The van der Waals surface area contributed by atoms with Gasteiger partial charge in [0, 0.05) is 12.0 Å². The predicted octanol–water partition coefficient (Wildman–Crippen LogP) is 1.20. The van der Waals surface area contributed by atoms with E-state index in [1.54, 1.807) is 0 Å². The van der Waals surface area contributed by atoms with Gasteiger partial charge in [-0.25, -0.2) is 12.8 Å². The zero-order valence-electron chi connectivity index (χ0n) is 12.3. The zero-order valence-corrected chi connectivity index (χ0v) is 13.1. The number of nitrogens with zero attached hydrogens (tertiary/aromatic N) is 1. The molecular formula is C15H12FN3O4S. The third-order valence-corrected chi connectivity index (χ3v) is 5.27. The van der Waals surface area contributed by atoms with Crippen molar-refractivity contribution in [3.63, 3.8) is 0 Å². The lowest BCUT2D eigenvalue weighted by Gasteiger charge is -2.12. The van der Waals surface area contributed by atoms with E-state index in [9.17, 15) is 17.6 Å². The van der Waals surface area contributed by atoms with Crippen molar-refractivity contribution < 1.29 is 22.3 Å². The zero-order chi connectivity index (χ0) is 16.9. The summed E-state index contributed by atoms with van der Waals surface area (Å²) < 4.78 is 46.6. The molecule has 24 heavy (non-hydrogen) atoms. The van der Waals surface area contributed by atoms with Crippen molar-refractivity contribution in [2.75, 3.05) is 11.3 Å². The number of fused-ring (bicyclic) bond motifs is 2. The first kappa shape index (κ1) is 14.9. The molecule has 1 aromatic heterocycles. The molecule has 0 fully saturated rings. The summed E-state index contributed by atoms with van der Waals surface area (Å²) in [5, 5.41) is 2.60. The van der Waals surface area contributed by atoms with Gasteiger partial charge in [0.2, 0.25) is 0 Å². The highest BCUT2D eigenvalue weighted by atomic mass is 32.2. The van der Waals surface area contributed by atoms with Crippen LogP contribution in [0.3, 0.4) is 0 Å². The number of pyridine rings is 1.